The molecule has 0 amide bonds. The summed E-state index contributed by atoms with van der Waals surface area (Å²) < 4.78 is 6.40. The Morgan fingerprint density at radius 2 is 1.66 bits per heavy atom. The average Bonchev–Trinajstić information content (AvgIpc) is 3.22. The molecule has 0 saturated heterocycles. The molecule has 4 aromatic rings. The monoisotopic (exact) mass is 486 g/mol. The molecule has 0 saturated carbocycles. The predicted octanol–water partition coefficient (Wildman–Crippen LogP) is 6.21. The van der Waals surface area contributed by atoms with Crippen molar-refractivity contribution < 1.29 is 9.53 Å². The molecule has 1 heterocycles. The molecule has 0 unspecified atom stereocenters. The molecular weight excluding hydrogens is 471 g/mol. The van der Waals surface area contributed by atoms with Gasteiger partial charge in [-0.05, 0) is 60.2 Å². The van der Waals surface area contributed by atoms with Crippen LogP contribution in [-0.2, 0) is 6.54 Å². The first-order valence-electron chi connectivity index (χ1n) is 9.54. The fourth-order valence-electron chi connectivity index (χ4n) is 2.99. The van der Waals surface area contributed by atoms with Crippen molar-refractivity contribution in [1.82, 2.24) is 14.8 Å². The summed E-state index contributed by atoms with van der Waals surface area (Å²) in [7, 11) is 1.59. The Labute approximate surface area is 199 Å². The van der Waals surface area contributed by atoms with Gasteiger partial charge in [0.15, 0.2) is 5.82 Å². The molecule has 32 heavy (non-hydrogen) atoms. The number of ether oxygens (including phenoxy) is 1. The van der Waals surface area contributed by atoms with Crippen molar-refractivity contribution in [2.45, 2.75) is 6.54 Å². The zero-order chi connectivity index (χ0) is 22.7. The van der Waals surface area contributed by atoms with Crippen molar-refractivity contribution in [3.05, 3.63) is 92.9 Å². The van der Waals surface area contributed by atoms with Crippen LogP contribution in [0.5, 0.6) is 5.75 Å². The largest absolute Gasteiger partial charge is 0.497 e. The van der Waals surface area contributed by atoms with Gasteiger partial charge < -0.3 is 10.1 Å². The number of benzene rings is 3. The molecule has 162 valence electrons. The van der Waals surface area contributed by atoms with Crippen LogP contribution in [-0.4, -0.2) is 27.8 Å². The quantitative estimate of drug-likeness (QED) is 0.350. The zero-order valence-corrected chi connectivity index (χ0v) is 19.1. The Morgan fingerprint density at radius 1 is 0.969 bits per heavy atom. The SMILES string of the molecule is COc1ccc(-c2nc(NCc3ccc(Cl)cc3)n(C(=O)c3ccc(Cl)cc3Cl)n2)cc1. The van der Waals surface area contributed by atoms with Crippen LogP contribution in [0.1, 0.15) is 15.9 Å². The van der Waals surface area contributed by atoms with Gasteiger partial charge in [-0.25, -0.2) is 0 Å². The molecule has 6 nitrogen and oxygen atoms in total. The lowest BCUT2D eigenvalue weighted by Crippen LogP contribution is -2.18. The van der Waals surface area contributed by atoms with Crippen molar-refractivity contribution in [1.29, 1.82) is 0 Å². The van der Waals surface area contributed by atoms with Gasteiger partial charge in [0.2, 0.25) is 5.95 Å². The van der Waals surface area contributed by atoms with Crippen LogP contribution in [0.25, 0.3) is 11.4 Å². The summed E-state index contributed by atoms with van der Waals surface area (Å²) >= 11 is 18.2. The first kappa shape index (κ1) is 22.1. The van der Waals surface area contributed by atoms with Crippen LogP contribution >= 0.6 is 34.8 Å². The van der Waals surface area contributed by atoms with Crippen LogP contribution in [0.15, 0.2) is 66.7 Å². The number of aromatic nitrogens is 3. The second-order valence-electron chi connectivity index (χ2n) is 6.81. The highest BCUT2D eigenvalue weighted by molar-refractivity contribution is 6.36. The third kappa shape index (κ3) is 4.88. The number of carbonyl (C=O) groups excluding carboxylic acids is 1. The molecule has 0 spiro atoms. The smallest absolute Gasteiger partial charge is 0.282 e. The van der Waals surface area contributed by atoms with Gasteiger partial charge in [-0.2, -0.15) is 9.67 Å². The first-order valence-corrected chi connectivity index (χ1v) is 10.7. The summed E-state index contributed by atoms with van der Waals surface area (Å²) in [6.45, 7) is 0.416. The highest BCUT2D eigenvalue weighted by Gasteiger charge is 2.21. The van der Waals surface area contributed by atoms with Crippen LogP contribution in [0.2, 0.25) is 15.1 Å². The Balaban J connectivity index is 1.70. The zero-order valence-electron chi connectivity index (χ0n) is 16.8. The van der Waals surface area contributed by atoms with E-state index in [1.165, 1.54) is 10.7 Å². The fourth-order valence-corrected chi connectivity index (χ4v) is 3.61. The van der Waals surface area contributed by atoms with Crippen molar-refractivity contribution in [2.75, 3.05) is 12.4 Å². The Morgan fingerprint density at radius 3 is 2.31 bits per heavy atom. The minimum Gasteiger partial charge on any atom is -0.497 e. The van der Waals surface area contributed by atoms with E-state index in [1.807, 2.05) is 24.3 Å². The summed E-state index contributed by atoms with van der Waals surface area (Å²) in [5, 5.41) is 8.93. The number of rotatable bonds is 6. The van der Waals surface area contributed by atoms with Crippen LogP contribution in [0, 0.1) is 0 Å². The lowest BCUT2D eigenvalue weighted by molar-refractivity contribution is 0.0947. The maximum absolute atomic E-state index is 13.3. The number of anilines is 1. The Hall–Kier alpha value is -3.06. The van der Waals surface area contributed by atoms with Crippen molar-refractivity contribution >= 4 is 46.7 Å². The third-order valence-electron chi connectivity index (χ3n) is 4.67. The Bertz CT molecular complexity index is 1260. The van der Waals surface area contributed by atoms with Crippen molar-refractivity contribution in [3.63, 3.8) is 0 Å². The molecule has 0 bridgehead atoms. The molecular formula is C23H17Cl3N4O2. The van der Waals surface area contributed by atoms with Crippen LogP contribution in [0.3, 0.4) is 0 Å². The molecule has 0 atom stereocenters. The molecule has 4 rings (SSSR count). The average molecular weight is 488 g/mol. The van der Waals surface area contributed by atoms with Gasteiger partial charge >= 0.3 is 0 Å². The molecule has 0 radical (unpaired) electrons. The molecule has 0 aliphatic rings. The molecule has 0 fully saturated rings. The standard InChI is InChI=1S/C23H17Cl3N4O2/c1-32-18-9-4-15(5-10-18)21-28-23(27-13-14-2-6-16(24)7-3-14)30(29-21)22(31)19-11-8-17(25)12-20(19)26/h2-12H,13H2,1H3,(H,27,28,29). The normalized spacial score (nSPS) is 10.8. The van der Waals surface area contributed by atoms with Gasteiger partial charge in [0.1, 0.15) is 5.75 Å². The van der Waals surface area contributed by atoms with Crippen LogP contribution < -0.4 is 10.1 Å². The van der Waals surface area contributed by atoms with Crippen molar-refractivity contribution in [3.8, 4) is 17.1 Å². The molecule has 1 aromatic heterocycles. The maximum atomic E-state index is 13.3. The van der Waals surface area contributed by atoms with E-state index in [4.69, 9.17) is 39.5 Å². The number of methoxy groups -OCH3 is 1. The molecule has 3 aromatic carbocycles. The van der Waals surface area contributed by atoms with Crippen molar-refractivity contribution in [2.24, 2.45) is 0 Å². The number of hydrogen-bond donors (Lipinski definition) is 1. The number of nitrogens with zero attached hydrogens (tertiary/aromatic N) is 3. The predicted molar refractivity (Wildman–Crippen MR) is 127 cm³/mol. The molecule has 1 N–H and O–H groups in total. The van der Waals surface area contributed by atoms with Gasteiger partial charge in [-0.3, -0.25) is 4.79 Å². The van der Waals surface area contributed by atoms with Gasteiger partial charge in [-0.15, -0.1) is 5.10 Å². The summed E-state index contributed by atoms with van der Waals surface area (Å²) in [5.74, 6) is 0.933. The summed E-state index contributed by atoms with van der Waals surface area (Å²) in [5.41, 5.74) is 1.96. The number of nitrogens with one attached hydrogen (secondary N) is 1. The van der Waals surface area contributed by atoms with E-state index in [2.05, 4.69) is 15.4 Å². The highest BCUT2D eigenvalue weighted by Crippen LogP contribution is 2.25. The van der Waals surface area contributed by atoms with Gasteiger partial charge in [0.25, 0.3) is 5.91 Å². The van der Waals surface area contributed by atoms with Crippen LogP contribution in [0.4, 0.5) is 5.95 Å². The third-order valence-corrected chi connectivity index (χ3v) is 5.47. The number of hydrogen-bond acceptors (Lipinski definition) is 5. The summed E-state index contributed by atoms with van der Waals surface area (Å²) in [4.78, 5) is 17.8. The van der Waals surface area contributed by atoms with E-state index >= 15 is 0 Å². The van der Waals surface area contributed by atoms with Gasteiger partial charge in [0.05, 0.1) is 17.7 Å². The van der Waals surface area contributed by atoms with E-state index in [1.54, 1.807) is 43.5 Å². The summed E-state index contributed by atoms with van der Waals surface area (Å²) in [6, 6.07) is 19.3. The molecule has 0 aliphatic heterocycles. The van der Waals surface area contributed by atoms with Gasteiger partial charge in [-0.1, -0.05) is 46.9 Å². The van der Waals surface area contributed by atoms with Gasteiger partial charge in [0, 0.05) is 22.2 Å². The molecule has 0 aliphatic carbocycles. The van der Waals surface area contributed by atoms with E-state index in [0.29, 0.717) is 28.2 Å². The minimum absolute atomic E-state index is 0.229. The lowest BCUT2D eigenvalue weighted by atomic mass is 10.2. The maximum Gasteiger partial charge on any atom is 0.282 e. The fraction of sp³-hybridized carbons (Fsp3) is 0.0870. The number of carbonyl (C=O) groups is 1. The van der Waals surface area contributed by atoms with E-state index < -0.39 is 5.91 Å². The minimum atomic E-state index is -0.433. The van der Waals surface area contributed by atoms with E-state index in [9.17, 15) is 4.79 Å². The lowest BCUT2D eigenvalue weighted by Gasteiger charge is -2.08. The second-order valence-corrected chi connectivity index (χ2v) is 8.09. The summed E-state index contributed by atoms with van der Waals surface area (Å²) in [6.07, 6.45) is 0. The Kier molecular flexibility index (Phi) is 6.65. The van der Waals surface area contributed by atoms with E-state index in [-0.39, 0.29) is 16.5 Å². The molecule has 9 heteroatoms. The topological polar surface area (TPSA) is 69.0 Å². The second kappa shape index (κ2) is 9.61. The van der Waals surface area contributed by atoms with E-state index in [0.717, 1.165) is 11.1 Å². The first-order chi connectivity index (χ1) is 15.4. The number of halogens is 3. The highest BCUT2D eigenvalue weighted by atomic mass is 35.5.